The number of rotatable bonds is 1. The molecule has 0 fully saturated rings. The fourth-order valence-corrected chi connectivity index (χ4v) is 0.714. The minimum atomic E-state index is 0. The molecule has 0 aromatic heterocycles. The maximum absolute atomic E-state index is 2.16. The van der Waals surface area contributed by atoms with Gasteiger partial charge in [-0.25, -0.2) is 0 Å². The van der Waals surface area contributed by atoms with E-state index >= 15 is 0 Å². The standard InChI is InChI=1S/C8H10.4ClH.Ti/c1-2-8-6-4-3-5-7-8;;;;;/h3-7H,2H2,1H3;4*1H;/q;;;;;+4/p-4. The molecule has 0 aliphatic rings. The van der Waals surface area contributed by atoms with Gasteiger partial charge in [0.2, 0.25) is 0 Å². The quantitative estimate of drug-likeness (QED) is 0.452. The van der Waals surface area contributed by atoms with Gasteiger partial charge in [0.25, 0.3) is 0 Å². The van der Waals surface area contributed by atoms with E-state index in [1.807, 2.05) is 6.07 Å². The molecule has 0 saturated heterocycles. The third-order valence-electron chi connectivity index (χ3n) is 1.25. The van der Waals surface area contributed by atoms with Gasteiger partial charge < -0.3 is 49.6 Å². The first kappa shape index (κ1) is 29.2. The van der Waals surface area contributed by atoms with Crippen LogP contribution in [0.3, 0.4) is 0 Å². The summed E-state index contributed by atoms with van der Waals surface area (Å²) in [5, 5.41) is 0. The first-order valence-corrected chi connectivity index (χ1v) is 2.97. The van der Waals surface area contributed by atoms with E-state index in [9.17, 15) is 0 Å². The van der Waals surface area contributed by atoms with E-state index in [1.54, 1.807) is 0 Å². The summed E-state index contributed by atoms with van der Waals surface area (Å²) in [5.74, 6) is 0. The van der Waals surface area contributed by atoms with Crippen LogP contribution in [0.1, 0.15) is 12.5 Å². The molecule has 0 nitrogen and oxygen atoms in total. The van der Waals surface area contributed by atoms with Crippen LogP contribution in [0.4, 0.5) is 0 Å². The predicted molar refractivity (Wildman–Crippen MR) is 35.8 cm³/mol. The van der Waals surface area contributed by atoms with Gasteiger partial charge in [-0.15, -0.1) is 0 Å². The average molecular weight is 296 g/mol. The number of aryl methyl sites for hydroxylation is 1. The van der Waals surface area contributed by atoms with Gasteiger partial charge in [0, 0.05) is 0 Å². The Morgan fingerprint density at radius 1 is 0.846 bits per heavy atom. The van der Waals surface area contributed by atoms with E-state index in [-0.39, 0.29) is 71.3 Å². The Labute approximate surface area is 120 Å². The van der Waals surface area contributed by atoms with Crippen LogP contribution >= 0.6 is 0 Å². The second kappa shape index (κ2) is 18.8. The van der Waals surface area contributed by atoms with Crippen LogP contribution in [0.5, 0.6) is 0 Å². The third kappa shape index (κ3) is 13.1. The van der Waals surface area contributed by atoms with Gasteiger partial charge in [-0.1, -0.05) is 37.3 Å². The minimum absolute atomic E-state index is 0. The molecular weight excluding hydrogens is 286 g/mol. The molecule has 5 heteroatoms. The van der Waals surface area contributed by atoms with E-state index in [0.717, 1.165) is 6.42 Å². The van der Waals surface area contributed by atoms with Gasteiger partial charge >= 0.3 is 21.7 Å². The number of hydrogen-bond donors (Lipinski definition) is 0. The molecule has 0 bridgehead atoms. The Balaban J connectivity index is -0.0000000427. The summed E-state index contributed by atoms with van der Waals surface area (Å²) >= 11 is 0. The molecule has 74 valence electrons. The van der Waals surface area contributed by atoms with Crippen LogP contribution in [-0.2, 0) is 28.1 Å². The van der Waals surface area contributed by atoms with Crippen LogP contribution in [0, 0.1) is 0 Å². The van der Waals surface area contributed by atoms with Crippen LogP contribution in [0.2, 0.25) is 0 Å². The monoisotopic (exact) mass is 294 g/mol. The Morgan fingerprint density at radius 3 is 1.46 bits per heavy atom. The van der Waals surface area contributed by atoms with Gasteiger partial charge in [0.1, 0.15) is 0 Å². The van der Waals surface area contributed by atoms with Crippen LogP contribution in [-0.4, -0.2) is 0 Å². The molecule has 0 aliphatic carbocycles. The van der Waals surface area contributed by atoms with Crippen LogP contribution < -0.4 is 49.6 Å². The Hall–Kier alpha value is 1.09. The van der Waals surface area contributed by atoms with Crippen molar-refractivity contribution in [1.29, 1.82) is 0 Å². The SMILES string of the molecule is CCc1ccccc1.[Cl-].[Cl-].[Cl-].[Cl-].[Ti+4]. The van der Waals surface area contributed by atoms with E-state index in [1.165, 1.54) is 5.56 Å². The van der Waals surface area contributed by atoms with E-state index in [0.29, 0.717) is 0 Å². The van der Waals surface area contributed by atoms with Crippen molar-refractivity contribution >= 4 is 0 Å². The van der Waals surface area contributed by atoms with Crippen molar-refractivity contribution in [3.8, 4) is 0 Å². The normalized spacial score (nSPS) is 5.62. The van der Waals surface area contributed by atoms with Crippen molar-refractivity contribution in [2.45, 2.75) is 13.3 Å². The molecule has 0 radical (unpaired) electrons. The summed E-state index contributed by atoms with van der Waals surface area (Å²) < 4.78 is 0. The first-order valence-electron chi connectivity index (χ1n) is 2.97. The van der Waals surface area contributed by atoms with Gasteiger partial charge in [0.05, 0.1) is 0 Å². The molecule has 0 N–H and O–H groups in total. The molecule has 0 amide bonds. The van der Waals surface area contributed by atoms with Crippen molar-refractivity contribution in [1.82, 2.24) is 0 Å². The van der Waals surface area contributed by atoms with Gasteiger partial charge in [-0.3, -0.25) is 0 Å². The molecule has 0 unspecified atom stereocenters. The van der Waals surface area contributed by atoms with Gasteiger partial charge in [-0.2, -0.15) is 0 Å². The topological polar surface area (TPSA) is 0 Å². The summed E-state index contributed by atoms with van der Waals surface area (Å²) in [5.41, 5.74) is 1.41. The van der Waals surface area contributed by atoms with Crippen molar-refractivity contribution < 1.29 is 71.3 Å². The molecule has 0 atom stereocenters. The minimum Gasteiger partial charge on any atom is -1.00 e. The summed E-state index contributed by atoms with van der Waals surface area (Å²) in [6.07, 6.45) is 1.14. The second-order valence-electron chi connectivity index (χ2n) is 1.84. The van der Waals surface area contributed by atoms with Crippen molar-refractivity contribution in [2.75, 3.05) is 0 Å². The maximum Gasteiger partial charge on any atom is 4.00 e. The Bertz CT molecular complexity index is 157. The average Bonchev–Trinajstić information content (AvgIpc) is 1.90. The zero-order valence-corrected chi connectivity index (χ0v) is 11.7. The molecule has 0 spiro atoms. The fraction of sp³-hybridized carbons (Fsp3) is 0.250. The van der Waals surface area contributed by atoms with E-state index in [4.69, 9.17) is 0 Å². The molecule has 1 aromatic carbocycles. The third-order valence-corrected chi connectivity index (χ3v) is 1.25. The molecule has 0 heterocycles. The maximum atomic E-state index is 2.16. The molecule has 1 aromatic rings. The van der Waals surface area contributed by atoms with Crippen LogP contribution in [0.25, 0.3) is 0 Å². The van der Waals surface area contributed by atoms with Crippen molar-refractivity contribution in [2.24, 2.45) is 0 Å². The van der Waals surface area contributed by atoms with Gasteiger partial charge in [-0.05, 0) is 12.0 Å². The largest absolute Gasteiger partial charge is 4.00 e. The zero-order valence-electron chi connectivity index (χ0n) is 7.11. The summed E-state index contributed by atoms with van der Waals surface area (Å²) in [4.78, 5) is 0. The van der Waals surface area contributed by atoms with Crippen molar-refractivity contribution in [3.05, 3.63) is 35.9 Å². The zero-order chi connectivity index (χ0) is 5.82. The number of hydrogen-bond acceptors (Lipinski definition) is 0. The molecule has 0 aliphatic heterocycles. The second-order valence-corrected chi connectivity index (χ2v) is 1.84. The molecule has 13 heavy (non-hydrogen) atoms. The van der Waals surface area contributed by atoms with Gasteiger partial charge in [0.15, 0.2) is 0 Å². The summed E-state index contributed by atoms with van der Waals surface area (Å²) in [6.45, 7) is 2.16. The van der Waals surface area contributed by atoms with Crippen molar-refractivity contribution in [3.63, 3.8) is 0 Å². The molecule has 1 rings (SSSR count). The Morgan fingerprint density at radius 2 is 1.23 bits per heavy atom. The summed E-state index contributed by atoms with van der Waals surface area (Å²) in [7, 11) is 0. The number of benzene rings is 1. The number of halogens is 4. The summed E-state index contributed by atoms with van der Waals surface area (Å²) in [6, 6.07) is 10.5. The van der Waals surface area contributed by atoms with Crippen LogP contribution in [0.15, 0.2) is 30.3 Å². The van der Waals surface area contributed by atoms with E-state index in [2.05, 4.69) is 31.2 Å². The predicted octanol–water partition coefficient (Wildman–Crippen LogP) is -9.74. The fourth-order valence-electron chi connectivity index (χ4n) is 0.714. The Kier molecular flexibility index (Phi) is 42.2. The first-order chi connectivity index (χ1) is 3.93. The molecule has 0 saturated carbocycles. The smallest absolute Gasteiger partial charge is 1.00 e. The van der Waals surface area contributed by atoms with E-state index < -0.39 is 0 Å². The molecular formula is C8H10Cl4Ti.